The van der Waals surface area contributed by atoms with Crippen molar-refractivity contribution in [2.45, 2.75) is 148 Å². The van der Waals surface area contributed by atoms with Crippen LogP contribution in [0.3, 0.4) is 0 Å². The lowest BCUT2D eigenvalue weighted by Crippen LogP contribution is -2.64. The summed E-state index contributed by atoms with van der Waals surface area (Å²) >= 11 is 0. The summed E-state index contributed by atoms with van der Waals surface area (Å²) in [6, 6.07) is 29.4. The van der Waals surface area contributed by atoms with Gasteiger partial charge in [-0.1, -0.05) is 143 Å². The van der Waals surface area contributed by atoms with E-state index in [0.29, 0.717) is 39.1 Å². The van der Waals surface area contributed by atoms with Crippen molar-refractivity contribution in [2.75, 3.05) is 6.61 Å². The van der Waals surface area contributed by atoms with Crippen LogP contribution in [-0.4, -0.2) is 58.7 Å². The second kappa shape index (κ2) is 21.2. The van der Waals surface area contributed by atoms with Gasteiger partial charge in [0.2, 0.25) is 0 Å². The number of amides is 1. The number of aliphatic hydroxyl groups excluding tert-OH is 1. The van der Waals surface area contributed by atoms with Crippen LogP contribution in [0.4, 0.5) is 4.79 Å². The molecule has 1 aliphatic heterocycles. The fourth-order valence-electron chi connectivity index (χ4n) is 6.74. The van der Waals surface area contributed by atoms with Gasteiger partial charge in [0.15, 0.2) is 0 Å². The predicted molar refractivity (Wildman–Crippen MR) is 200 cm³/mol. The van der Waals surface area contributed by atoms with Gasteiger partial charge in [0.25, 0.3) is 0 Å². The molecule has 1 N–H and O–H groups in total. The predicted octanol–water partition coefficient (Wildman–Crippen LogP) is 9.64. The molecule has 3 aromatic rings. The first kappa shape index (κ1) is 39.6. The average Bonchev–Trinajstić information content (AvgIpc) is 3.10. The number of nitrogens with zero attached hydrogens (tertiary/aromatic N) is 1. The average molecular weight is 688 g/mol. The summed E-state index contributed by atoms with van der Waals surface area (Å²) in [7, 11) is 0. The third kappa shape index (κ3) is 13.8. The highest BCUT2D eigenvalue weighted by atomic mass is 16.6. The van der Waals surface area contributed by atoms with E-state index in [1.165, 1.54) is 32.1 Å². The van der Waals surface area contributed by atoms with Crippen LogP contribution in [0.2, 0.25) is 0 Å². The van der Waals surface area contributed by atoms with Crippen molar-refractivity contribution in [3.05, 3.63) is 108 Å². The third-order valence-corrected chi connectivity index (χ3v) is 9.28. The molecule has 1 aliphatic rings. The molecular weight excluding hydrogens is 626 g/mol. The molecule has 7 heteroatoms. The summed E-state index contributed by atoms with van der Waals surface area (Å²) in [5.74, 6) is 0. The van der Waals surface area contributed by atoms with E-state index in [4.69, 9.17) is 18.9 Å². The largest absolute Gasteiger partial charge is 0.444 e. The van der Waals surface area contributed by atoms with Crippen molar-refractivity contribution in [1.82, 2.24) is 4.90 Å². The van der Waals surface area contributed by atoms with Crippen LogP contribution in [0.25, 0.3) is 0 Å². The Morgan fingerprint density at radius 3 is 1.84 bits per heavy atom. The number of likely N-dealkylation sites (tertiary alicyclic amines) is 1. The summed E-state index contributed by atoms with van der Waals surface area (Å²) in [6.45, 7) is 9.28. The van der Waals surface area contributed by atoms with Crippen molar-refractivity contribution in [3.63, 3.8) is 0 Å². The zero-order valence-electron chi connectivity index (χ0n) is 30.9. The van der Waals surface area contributed by atoms with Gasteiger partial charge in [-0.15, -0.1) is 0 Å². The number of hydrogen-bond acceptors (Lipinski definition) is 6. The highest BCUT2D eigenvalue weighted by molar-refractivity contribution is 5.69. The second-order valence-corrected chi connectivity index (χ2v) is 14.7. The fourth-order valence-corrected chi connectivity index (χ4v) is 6.74. The Labute approximate surface area is 301 Å². The molecule has 0 aromatic heterocycles. The number of rotatable bonds is 20. The van der Waals surface area contributed by atoms with Crippen LogP contribution >= 0.6 is 0 Å². The van der Waals surface area contributed by atoms with Gasteiger partial charge in [-0.2, -0.15) is 0 Å². The second-order valence-electron chi connectivity index (χ2n) is 14.7. The monoisotopic (exact) mass is 687 g/mol. The lowest BCUT2D eigenvalue weighted by atomic mass is 9.87. The summed E-state index contributed by atoms with van der Waals surface area (Å²) < 4.78 is 25.9. The van der Waals surface area contributed by atoms with E-state index in [0.717, 1.165) is 29.5 Å². The van der Waals surface area contributed by atoms with Crippen molar-refractivity contribution in [2.24, 2.45) is 0 Å². The van der Waals surface area contributed by atoms with Crippen molar-refractivity contribution < 1.29 is 28.8 Å². The summed E-state index contributed by atoms with van der Waals surface area (Å²) in [5.41, 5.74) is 2.45. The van der Waals surface area contributed by atoms with Gasteiger partial charge < -0.3 is 24.1 Å². The smallest absolute Gasteiger partial charge is 0.410 e. The zero-order valence-corrected chi connectivity index (χ0v) is 30.9. The standard InChI is InChI=1S/C43H61NO6/c1-5-6-7-8-9-10-20-27-38(45)28-37-29-40(48-31-35-23-16-12-17-24-35)41(49-32-36-25-18-13-19-26-36)39(44(37)42(46)50-43(2,3)4)33-47-30-34-21-14-11-15-22-34/h11-19,21-26,37-41,45H,5-10,20,27-33H2,1-4H3/t37-,38-,39+,40-,41-/m0/s1. The first-order valence-corrected chi connectivity index (χ1v) is 18.9. The van der Waals surface area contributed by atoms with E-state index in [9.17, 15) is 9.90 Å². The molecule has 1 heterocycles. The van der Waals surface area contributed by atoms with Crippen LogP contribution in [0.1, 0.15) is 109 Å². The van der Waals surface area contributed by atoms with Gasteiger partial charge in [-0.05, 0) is 56.7 Å². The molecule has 50 heavy (non-hydrogen) atoms. The SMILES string of the molecule is CCCCCCCCC[C@H](O)C[C@H]1C[C@H](OCc2ccccc2)[C@@H](OCc2ccccc2)[C@@H](COCc2ccccc2)N1C(=O)OC(C)(C)C. The molecule has 0 unspecified atom stereocenters. The Hall–Kier alpha value is -3.23. The quantitative estimate of drug-likeness (QED) is 0.119. The number of hydrogen-bond donors (Lipinski definition) is 1. The van der Waals surface area contributed by atoms with E-state index < -0.39 is 29.9 Å². The lowest BCUT2D eigenvalue weighted by Gasteiger charge is -2.49. The number of carbonyl (C=O) groups excluding carboxylic acids is 1. The summed E-state index contributed by atoms with van der Waals surface area (Å²) in [6.07, 6.45) is 8.12. The van der Waals surface area contributed by atoms with Crippen LogP contribution in [0, 0.1) is 0 Å². The maximum atomic E-state index is 14.2. The van der Waals surface area contributed by atoms with Crippen LogP contribution in [0.5, 0.6) is 0 Å². The minimum Gasteiger partial charge on any atom is -0.444 e. The van der Waals surface area contributed by atoms with Crippen molar-refractivity contribution in [1.29, 1.82) is 0 Å². The molecule has 7 nitrogen and oxygen atoms in total. The molecule has 274 valence electrons. The lowest BCUT2D eigenvalue weighted by molar-refractivity contribution is -0.170. The first-order valence-electron chi connectivity index (χ1n) is 18.9. The molecule has 0 radical (unpaired) electrons. The maximum absolute atomic E-state index is 14.2. The molecule has 1 saturated heterocycles. The number of piperidine rings is 1. The molecule has 3 aromatic carbocycles. The van der Waals surface area contributed by atoms with E-state index in [2.05, 4.69) is 19.1 Å². The van der Waals surface area contributed by atoms with Gasteiger partial charge in [-0.3, -0.25) is 4.90 Å². The minimum absolute atomic E-state index is 0.225. The molecule has 1 fully saturated rings. The molecular formula is C43H61NO6. The first-order chi connectivity index (χ1) is 24.2. The maximum Gasteiger partial charge on any atom is 0.410 e. The van der Waals surface area contributed by atoms with Crippen LogP contribution < -0.4 is 0 Å². The van der Waals surface area contributed by atoms with Crippen molar-refractivity contribution >= 4 is 6.09 Å². The van der Waals surface area contributed by atoms with E-state index in [-0.39, 0.29) is 18.8 Å². The van der Waals surface area contributed by atoms with Gasteiger partial charge in [-0.25, -0.2) is 4.79 Å². The van der Waals surface area contributed by atoms with E-state index >= 15 is 0 Å². The van der Waals surface area contributed by atoms with Gasteiger partial charge >= 0.3 is 6.09 Å². The Bertz CT molecular complexity index is 1330. The molecule has 0 aliphatic carbocycles. The summed E-state index contributed by atoms with van der Waals surface area (Å²) in [4.78, 5) is 16.0. The van der Waals surface area contributed by atoms with Gasteiger partial charge in [0, 0.05) is 6.04 Å². The molecule has 0 saturated carbocycles. The minimum atomic E-state index is -0.700. The highest BCUT2D eigenvalue weighted by Gasteiger charge is 2.48. The third-order valence-electron chi connectivity index (χ3n) is 9.28. The Balaban J connectivity index is 1.60. The normalized spacial score (nSPS) is 20.1. The Morgan fingerprint density at radius 2 is 1.28 bits per heavy atom. The molecule has 4 rings (SSSR count). The number of carbonyl (C=O) groups is 1. The molecule has 0 spiro atoms. The molecule has 0 bridgehead atoms. The number of aliphatic hydroxyl groups is 1. The Morgan fingerprint density at radius 1 is 0.760 bits per heavy atom. The Kier molecular flexibility index (Phi) is 16.8. The fraction of sp³-hybridized carbons (Fsp3) is 0.558. The van der Waals surface area contributed by atoms with E-state index in [1.54, 1.807) is 0 Å². The molecule has 1 amide bonds. The van der Waals surface area contributed by atoms with E-state index in [1.807, 2.05) is 105 Å². The van der Waals surface area contributed by atoms with Gasteiger partial charge in [0.05, 0.1) is 44.7 Å². The number of benzene rings is 3. The van der Waals surface area contributed by atoms with Crippen LogP contribution in [-0.2, 0) is 38.8 Å². The van der Waals surface area contributed by atoms with Crippen molar-refractivity contribution in [3.8, 4) is 0 Å². The van der Waals surface area contributed by atoms with Crippen LogP contribution in [0.15, 0.2) is 91.0 Å². The summed E-state index contributed by atoms with van der Waals surface area (Å²) in [5, 5.41) is 11.4. The van der Waals surface area contributed by atoms with Gasteiger partial charge in [0.1, 0.15) is 11.7 Å². The number of ether oxygens (including phenoxy) is 4. The number of unbranched alkanes of at least 4 members (excludes halogenated alkanes) is 6. The highest BCUT2D eigenvalue weighted by Crippen LogP contribution is 2.34. The topological polar surface area (TPSA) is 77.5 Å². The molecule has 5 atom stereocenters. The zero-order chi connectivity index (χ0) is 35.6.